The van der Waals surface area contributed by atoms with Crippen molar-refractivity contribution in [2.45, 2.75) is 25.4 Å². The first-order valence-corrected chi connectivity index (χ1v) is 5.81. The Morgan fingerprint density at radius 3 is 2.53 bits per heavy atom. The molecule has 1 aliphatic carbocycles. The monoisotopic (exact) mass is 236 g/mol. The largest absolute Gasteiger partial charge is 0.341 e. The quantitative estimate of drug-likeness (QED) is 0.865. The molecule has 1 fully saturated rings. The topological polar surface area (TPSA) is 46.3 Å². The van der Waals surface area contributed by atoms with Gasteiger partial charge in [-0.25, -0.2) is 4.39 Å². The summed E-state index contributed by atoms with van der Waals surface area (Å²) in [6.07, 6.45) is 1.57. The number of nitrogens with two attached hydrogens (primary N) is 1. The molecule has 1 saturated carbocycles. The number of halogens is 1. The third kappa shape index (κ3) is 2.82. The zero-order valence-corrected chi connectivity index (χ0v) is 9.90. The van der Waals surface area contributed by atoms with Crippen LogP contribution in [0.5, 0.6) is 0 Å². The molecule has 1 aliphatic rings. The highest BCUT2D eigenvalue weighted by Gasteiger charge is 2.33. The normalized spacial score (nSPS) is 23.0. The summed E-state index contributed by atoms with van der Waals surface area (Å²) in [4.78, 5) is 13.6. The Hall–Kier alpha value is -1.42. The zero-order valence-electron chi connectivity index (χ0n) is 9.90. The Balaban J connectivity index is 1.90. The van der Waals surface area contributed by atoms with Gasteiger partial charge in [-0.15, -0.1) is 0 Å². The van der Waals surface area contributed by atoms with Crippen LogP contribution in [0.3, 0.4) is 0 Å². The summed E-state index contributed by atoms with van der Waals surface area (Å²) >= 11 is 0. The SMILES string of the molecule is CN(Cc1ccc(F)cc1)C(=O)C1CC(N)C1. The summed E-state index contributed by atoms with van der Waals surface area (Å²) in [6, 6.07) is 6.40. The maximum Gasteiger partial charge on any atom is 0.225 e. The Labute approximate surface area is 100 Å². The van der Waals surface area contributed by atoms with Crippen molar-refractivity contribution >= 4 is 5.91 Å². The van der Waals surface area contributed by atoms with Crippen molar-refractivity contribution in [2.24, 2.45) is 11.7 Å². The van der Waals surface area contributed by atoms with E-state index in [1.807, 2.05) is 0 Å². The fourth-order valence-corrected chi connectivity index (χ4v) is 2.12. The lowest BCUT2D eigenvalue weighted by molar-refractivity contribution is -0.137. The molecular formula is C13H17FN2O. The minimum absolute atomic E-state index is 0.0791. The highest BCUT2D eigenvalue weighted by molar-refractivity contribution is 5.79. The smallest absolute Gasteiger partial charge is 0.225 e. The number of rotatable bonds is 3. The summed E-state index contributed by atoms with van der Waals surface area (Å²) in [5.41, 5.74) is 6.60. The van der Waals surface area contributed by atoms with Crippen LogP contribution < -0.4 is 5.73 Å². The van der Waals surface area contributed by atoms with E-state index in [-0.39, 0.29) is 23.7 Å². The van der Waals surface area contributed by atoms with Crippen LogP contribution in [0.15, 0.2) is 24.3 Å². The fourth-order valence-electron chi connectivity index (χ4n) is 2.12. The maximum absolute atomic E-state index is 12.7. The Kier molecular flexibility index (Phi) is 3.43. The molecule has 0 spiro atoms. The first-order chi connectivity index (χ1) is 8.06. The summed E-state index contributed by atoms with van der Waals surface area (Å²) in [5.74, 6) is -0.0424. The molecule has 4 heteroatoms. The summed E-state index contributed by atoms with van der Waals surface area (Å²) in [6.45, 7) is 0.519. The molecule has 1 amide bonds. The molecule has 0 heterocycles. The van der Waals surface area contributed by atoms with Crippen LogP contribution in [0.1, 0.15) is 18.4 Å². The average molecular weight is 236 g/mol. The summed E-state index contributed by atoms with van der Waals surface area (Å²) < 4.78 is 12.7. The molecule has 92 valence electrons. The number of nitrogens with zero attached hydrogens (tertiary/aromatic N) is 1. The van der Waals surface area contributed by atoms with E-state index in [4.69, 9.17) is 5.73 Å². The van der Waals surface area contributed by atoms with Crippen LogP contribution >= 0.6 is 0 Å². The van der Waals surface area contributed by atoms with Gasteiger partial charge in [0.25, 0.3) is 0 Å². The molecule has 0 bridgehead atoms. The van der Waals surface area contributed by atoms with E-state index in [1.165, 1.54) is 12.1 Å². The molecule has 2 N–H and O–H groups in total. The van der Waals surface area contributed by atoms with Crippen molar-refractivity contribution in [3.8, 4) is 0 Å². The number of hydrogen-bond acceptors (Lipinski definition) is 2. The molecule has 17 heavy (non-hydrogen) atoms. The van der Waals surface area contributed by atoms with Crippen molar-refractivity contribution in [3.63, 3.8) is 0 Å². The second-order valence-corrected chi connectivity index (χ2v) is 4.75. The standard InChI is InChI=1S/C13H17FN2O/c1-16(13(17)10-6-12(15)7-10)8-9-2-4-11(14)5-3-9/h2-5,10,12H,6-8,15H2,1H3. The van der Waals surface area contributed by atoms with Gasteiger partial charge in [-0.1, -0.05) is 12.1 Å². The fraction of sp³-hybridized carbons (Fsp3) is 0.462. The van der Waals surface area contributed by atoms with Gasteiger partial charge in [-0.3, -0.25) is 4.79 Å². The van der Waals surface area contributed by atoms with E-state index in [1.54, 1.807) is 24.1 Å². The lowest BCUT2D eigenvalue weighted by Gasteiger charge is -2.34. The van der Waals surface area contributed by atoms with Crippen LogP contribution in [0.4, 0.5) is 4.39 Å². The Morgan fingerprint density at radius 2 is 2.00 bits per heavy atom. The first-order valence-electron chi connectivity index (χ1n) is 5.81. The van der Waals surface area contributed by atoms with E-state index in [0.29, 0.717) is 6.54 Å². The lowest BCUT2D eigenvalue weighted by Crippen LogP contribution is -2.45. The molecule has 1 aromatic rings. The second kappa shape index (κ2) is 4.84. The number of amides is 1. The Bertz CT molecular complexity index is 398. The number of benzene rings is 1. The van der Waals surface area contributed by atoms with E-state index >= 15 is 0 Å². The second-order valence-electron chi connectivity index (χ2n) is 4.75. The zero-order chi connectivity index (χ0) is 12.4. The van der Waals surface area contributed by atoms with Crippen molar-refractivity contribution in [2.75, 3.05) is 7.05 Å². The number of carbonyl (C=O) groups is 1. The summed E-state index contributed by atoms with van der Waals surface area (Å²) in [7, 11) is 1.77. The van der Waals surface area contributed by atoms with E-state index in [9.17, 15) is 9.18 Å². The highest BCUT2D eigenvalue weighted by Crippen LogP contribution is 2.27. The number of hydrogen-bond donors (Lipinski definition) is 1. The molecule has 0 atom stereocenters. The van der Waals surface area contributed by atoms with Gasteiger partial charge in [-0.2, -0.15) is 0 Å². The minimum atomic E-state index is -0.257. The van der Waals surface area contributed by atoms with Gasteiger partial charge in [-0.05, 0) is 30.5 Å². The van der Waals surface area contributed by atoms with Gasteiger partial charge in [0.2, 0.25) is 5.91 Å². The van der Waals surface area contributed by atoms with Crippen molar-refractivity contribution in [3.05, 3.63) is 35.6 Å². The van der Waals surface area contributed by atoms with Gasteiger partial charge in [0.15, 0.2) is 0 Å². The maximum atomic E-state index is 12.7. The van der Waals surface area contributed by atoms with Crippen LogP contribution in [0.2, 0.25) is 0 Å². The molecule has 0 aliphatic heterocycles. The van der Waals surface area contributed by atoms with Gasteiger partial charge in [0, 0.05) is 25.6 Å². The number of carbonyl (C=O) groups excluding carboxylic acids is 1. The van der Waals surface area contributed by atoms with Gasteiger partial charge in [0.05, 0.1) is 0 Å². The average Bonchev–Trinajstić information content (AvgIpc) is 2.27. The van der Waals surface area contributed by atoms with Gasteiger partial charge in [0.1, 0.15) is 5.82 Å². The van der Waals surface area contributed by atoms with Crippen LogP contribution in [-0.2, 0) is 11.3 Å². The van der Waals surface area contributed by atoms with E-state index in [0.717, 1.165) is 18.4 Å². The summed E-state index contributed by atoms with van der Waals surface area (Å²) in [5, 5.41) is 0. The molecule has 0 unspecified atom stereocenters. The Morgan fingerprint density at radius 1 is 1.41 bits per heavy atom. The lowest BCUT2D eigenvalue weighted by atomic mass is 9.80. The van der Waals surface area contributed by atoms with Crippen molar-refractivity contribution in [1.82, 2.24) is 4.90 Å². The molecule has 0 aromatic heterocycles. The van der Waals surface area contributed by atoms with E-state index in [2.05, 4.69) is 0 Å². The first kappa shape index (κ1) is 12.0. The van der Waals surface area contributed by atoms with E-state index < -0.39 is 0 Å². The minimum Gasteiger partial charge on any atom is -0.341 e. The highest BCUT2D eigenvalue weighted by atomic mass is 19.1. The molecular weight excluding hydrogens is 219 g/mol. The molecule has 2 rings (SSSR count). The third-order valence-electron chi connectivity index (χ3n) is 3.23. The molecule has 0 saturated heterocycles. The predicted molar refractivity (Wildman–Crippen MR) is 63.6 cm³/mol. The van der Waals surface area contributed by atoms with Crippen LogP contribution in [-0.4, -0.2) is 23.9 Å². The molecule has 1 aromatic carbocycles. The molecule has 3 nitrogen and oxygen atoms in total. The third-order valence-corrected chi connectivity index (χ3v) is 3.23. The predicted octanol–water partition coefficient (Wildman–Crippen LogP) is 1.52. The van der Waals surface area contributed by atoms with Crippen molar-refractivity contribution in [1.29, 1.82) is 0 Å². The van der Waals surface area contributed by atoms with Gasteiger partial charge >= 0.3 is 0 Å². The van der Waals surface area contributed by atoms with Crippen molar-refractivity contribution < 1.29 is 9.18 Å². The molecule has 0 radical (unpaired) electrons. The van der Waals surface area contributed by atoms with Gasteiger partial charge < -0.3 is 10.6 Å². The van der Waals surface area contributed by atoms with Crippen LogP contribution in [0, 0.1) is 11.7 Å². The van der Waals surface area contributed by atoms with Crippen LogP contribution in [0.25, 0.3) is 0 Å².